The molecule has 1 aromatic heterocycles. The number of aromatic nitrogens is 1. The van der Waals surface area contributed by atoms with Gasteiger partial charge in [-0.15, -0.1) is 0 Å². The summed E-state index contributed by atoms with van der Waals surface area (Å²) >= 11 is 0. The molecule has 0 aliphatic carbocycles. The third-order valence-corrected chi connectivity index (χ3v) is 5.56. The molecule has 1 heterocycles. The molecule has 0 atom stereocenters. The van der Waals surface area contributed by atoms with Crippen LogP contribution in [-0.4, -0.2) is 7.11 Å². The van der Waals surface area contributed by atoms with E-state index < -0.39 is 0 Å². The Morgan fingerprint density at radius 2 is 1.24 bits per heavy atom. The van der Waals surface area contributed by atoms with E-state index in [1.54, 1.807) is 7.11 Å². The second-order valence-electron chi connectivity index (χ2n) is 7.35. The molecule has 4 aromatic carbocycles. The summed E-state index contributed by atoms with van der Waals surface area (Å²) in [5.74, 6) is 0.887. The van der Waals surface area contributed by atoms with Crippen molar-refractivity contribution in [1.82, 2.24) is 0 Å². The first-order valence-electron chi connectivity index (χ1n) is 9.79. The summed E-state index contributed by atoms with van der Waals surface area (Å²) in [6, 6.07) is 32.1. The van der Waals surface area contributed by atoms with Gasteiger partial charge < -0.3 is 4.74 Å². The molecule has 0 bridgehead atoms. The maximum absolute atomic E-state index is 5.79. The van der Waals surface area contributed by atoms with E-state index in [0.717, 1.165) is 16.8 Å². The second kappa shape index (κ2) is 7.06. The summed E-state index contributed by atoms with van der Waals surface area (Å²) < 4.78 is 7.94. The van der Waals surface area contributed by atoms with Crippen LogP contribution >= 0.6 is 0 Å². The van der Waals surface area contributed by atoms with Crippen molar-refractivity contribution in [2.75, 3.05) is 7.11 Å². The van der Waals surface area contributed by atoms with Gasteiger partial charge in [-0.3, -0.25) is 0 Å². The molecule has 29 heavy (non-hydrogen) atoms. The number of benzene rings is 4. The lowest BCUT2D eigenvalue weighted by Gasteiger charge is -2.11. The van der Waals surface area contributed by atoms with Gasteiger partial charge in [-0.1, -0.05) is 72.8 Å². The van der Waals surface area contributed by atoms with Gasteiger partial charge in [0.15, 0.2) is 11.9 Å². The lowest BCUT2D eigenvalue weighted by molar-refractivity contribution is -0.643. The molecule has 0 aliphatic rings. The van der Waals surface area contributed by atoms with E-state index in [1.807, 2.05) is 6.07 Å². The SMILES string of the molecule is COc1cc(-c2ccc(-c3ccccc3)cc2)cc2c3ccccc3c[n+](C)c12. The van der Waals surface area contributed by atoms with Crippen molar-refractivity contribution in [2.24, 2.45) is 7.05 Å². The van der Waals surface area contributed by atoms with Crippen molar-refractivity contribution in [3.05, 3.63) is 97.2 Å². The first-order valence-corrected chi connectivity index (χ1v) is 9.79. The predicted octanol–water partition coefficient (Wildman–Crippen LogP) is 6.16. The Morgan fingerprint density at radius 3 is 1.97 bits per heavy atom. The number of pyridine rings is 1. The lowest BCUT2D eigenvalue weighted by atomic mass is 9.97. The van der Waals surface area contributed by atoms with Gasteiger partial charge in [-0.2, -0.15) is 4.57 Å². The summed E-state index contributed by atoms with van der Waals surface area (Å²) in [5.41, 5.74) is 5.90. The summed E-state index contributed by atoms with van der Waals surface area (Å²) in [6.45, 7) is 0. The van der Waals surface area contributed by atoms with Crippen LogP contribution in [0.1, 0.15) is 0 Å². The van der Waals surface area contributed by atoms with Crippen molar-refractivity contribution >= 4 is 21.7 Å². The zero-order chi connectivity index (χ0) is 19.8. The fourth-order valence-corrected chi connectivity index (χ4v) is 4.11. The fourth-order valence-electron chi connectivity index (χ4n) is 4.11. The highest BCUT2D eigenvalue weighted by Gasteiger charge is 2.17. The Kier molecular flexibility index (Phi) is 4.25. The molecule has 5 aromatic rings. The Hall–Kier alpha value is -3.65. The van der Waals surface area contributed by atoms with Crippen LogP contribution in [0, 0.1) is 0 Å². The zero-order valence-electron chi connectivity index (χ0n) is 16.6. The van der Waals surface area contributed by atoms with Crippen LogP contribution in [0.3, 0.4) is 0 Å². The van der Waals surface area contributed by atoms with E-state index in [4.69, 9.17) is 4.74 Å². The lowest BCUT2D eigenvalue weighted by Crippen LogP contribution is -2.28. The maximum atomic E-state index is 5.79. The molecule has 0 unspecified atom stereocenters. The molecule has 0 saturated carbocycles. The Morgan fingerprint density at radius 1 is 0.621 bits per heavy atom. The van der Waals surface area contributed by atoms with Crippen molar-refractivity contribution in [2.45, 2.75) is 0 Å². The number of methoxy groups -OCH3 is 1. The molecule has 0 amide bonds. The monoisotopic (exact) mass is 376 g/mol. The number of rotatable bonds is 3. The topological polar surface area (TPSA) is 13.1 Å². The minimum Gasteiger partial charge on any atom is -0.490 e. The van der Waals surface area contributed by atoms with E-state index in [9.17, 15) is 0 Å². The highest BCUT2D eigenvalue weighted by Crippen LogP contribution is 2.35. The van der Waals surface area contributed by atoms with Crippen molar-refractivity contribution in [3.63, 3.8) is 0 Å². The predicted molar refractivity (Wildman–Crippen MR) is 120 cm³/mol. The highest BCUT2D eigenvalue weighted by atomic mass is 16.5. The third kappa shape index (κ3) is 3.03. The Balaban J connectivity index is 1.70. The summed E-state index contributed by atoms with van der Waals surface area (Å²) in [4.78, 5) is 0. The van der Waals surface area contributed by atoms with Gasteiger partial charge in [0.2, 0.25) is 0 Å². The number of ether oxygens (including phenoxy) is 1. The number of aryl methyl sites for hydroxylation is 1. The van der Waals surface area contributed by atoms with Gasteiger partial charge in [0.25, 0.3) is 5.52 Å². The van der Waals surface area contributed by atoms with E-state index in [1.165, 1.54) is 32.8 Å². The molecule has 0 saturated heterocycles. The third-order valence-electron chi connectivity index (χ3n) is 5.56. The van der Waals surface area contributed by atoms with Gasteiger partial charge >= 0.3 is 0 Å². The quantitative estimate of drug-likeness (QED) is 0.271. The summed E-state index contributed by atoms with van der Waals surface area (Å²) in [5, 5.41) is 3.66. The number of hydrogen-bond acceptors (Lipinski definition) is 1. The molecule has 0 radical (unpaired) electrons. The smallest absolute Gasteiger partial charge is 0.255 e. The van der Waals surface area contributed by atoms with Crippen LogP contribution in [0.2, 0.25) is 0 Å². The van der Waals surface area contributed by atoms with E-state index in [2.05, 4.69) is 103 Å². The molecular weight excluding hydrogens is 354 g/mol. The average molecular weight is 376 g/mol. The molecular formula is C27H22NO+. The zero-order valence-corrected chi connectivity index (χ0v) is 16.6. The minimum absolute atomic E-state index is 0.887. The minimum atomic E-state index is 0.887. The molecule has 5 rings (SSSR count). The van der Waals surface area contributed by atoms with Gasteiger partial charge in [0.1, 0.15) is 7.05 Å². The van der Waals surface area contributed by atoms with Crippen molar-refractivity contribution < 1.29 is 9.30 Å². The first-order chi connectivity index (χ1) is 14.2. The largest absolute Gasteiger partial charge is 0.490 e. The standard InChI is InChI=1S/C27H22NO/c1-28-18-22-10-6-7-11-24(22)25-16-23(17-26(29-2)27(25)28)21-14-12-20(13-15-21)19-8-4-3-5-9-19/h3-18H,1-2H3/q+1. The van der Waals surface area contributed by atoms with Crippen molar-refractivity contribution in [3.8, 4) is 28.0 Å². The molecule has 2 nitrogen and oxygen atoms in total. The number of hydrogen-bond donors (Lipinski definition) is 0. The van der Waals surface area contributed by atoms with Crippen LogP contribution in [0.5, 0.6) is 5.75 Å². The van der Waals surface area contributed by atoms with Crippen LogP contribution in [-0.2, 0) is 7.05 Å². The summed E-state index contributed by atoms with van der Waals surface area (Å²) in [6.07, 6.45) is 2.16. The van der Waals surface area contributed by atoms with Crippen molar-refractivity contribution in [1.29, 1.82) is 0 Å². The van der Waals surface area contributed by atoms with Crippen LogP contribution in [0.25, 0.3) is 43.9 Å². The van der Waals surface area contributed by atoms with Gasteiger partial charge in [-0.25, -0.2) is 0 Å². The van der Waals surface area contributed by atoms with Crippen LogP contribution in [0.15, 0.2) is 97.2 Å². The molecule has 0 aliphatic heterocycles. The van der Waals surface area contributed by atoms with Gasteiger partial charge in [0.05, 0.1) is 12.5 Å². The molecule has 0 spiro atoms. The summed E-state index contributed by atoms with van der Waals surface area (Å²) in [7, 11) is 3.82. The van der Waals surface area contributed by atoms with E-state index in [0.29, 0.717) is 0 Å². The molecule has 140 valence electrons. The Bertz CT molecular complexity index is 1320. The number of nitrogens with zero attached hydrogens (tertiary/aromatic N) is 1. The van der Waals surface area contributed by atoms with Crippen LogP contribution in [0.4, 0.5) is 0 Å². The number of fused-ring (bicyclic) bond motifs is 3. The van der Waals surface area contributed by atoms with Gasteiger partial charge in [-0.05, 0) is 40.5 Å². The molecule has 2 heteroatoms. The normalized spacial score (nSPS) is 11.1. The molecule has 0 fully saturated rings. The second-order valence-corrected chi connectivity index (χ2v) is 7.35. The average Bonchev–Trinajstić information content (AvgIpc) is 2.79. The molecule has 0 N–H and O–H groups in total. The maximum Gasteiger partial charge on any atom is 0.255 e. The van der Waals surface area contributed by atoms with E-state index in [-0.39, 0.29) is 0 Å². The fraction of sp³-hybridized carbons (Fsp3) is 0.0741. The Labute approximate surface area is 170 Å². The van der Waals surface area contributed by atoms with E-state index >= 15 is 0 Å². The highest BCUT2D eigenvalue weighted by molar-refractivity contribution is 6.07. The van der Waals surface area contributed by atoms with Gasteiger partial charge in [0, 0.05) is 10.8 Å². The van der Waals surface area contributed by atoms with Crippen LogP contribution < -0.4 is 9.30 Å². The first kappa shape index (κ1) is 17.4.